The minimum Gasteiger partial charge on any atom is -0.397 e. The molecule has 8 bridgehead atoms. The van der Waals surface area contributed by atoms with E-state index >= 15 is 0 Å². The van der Waals surface area contributed by atoms with Gasteiger partial charge in [0.15, 0.2) is 23.3 Å². The zero-order chi connectivity index (χ0) is 28.8. The van der Waals surface area contributed by atoms with Gasteiger partial charge in [-0.2, -0.15) is 0 Å². The maximum absolute atomic E-state index is 6.55. The Bertz CT molecular complexity index is 2520. The quantitative estimate of drug-likeness (QED) is 0.106. The van der Waals surface area contributed by atoms with Crippen LogP contribution in [-0.2, 0) is 17.1 Å². The van der Waals surface area contributed by atoms with Crippen LogP contribution in [0.2, 0.25) is 0 Å². The van der Waals surface area contributed by atoms with Crippen molar-refractivity contribution in [2.24, 2.45) is 0 Å². The van der Waals surface area contributed by atoms with Crippen LogP contribution < -0.4 is 17.2 Å². The molecule has 44 heavy (non-hydrogen) atoms. The molecule has 0 saturated heterocycles. The number of aromatic amines is 2. The van der Waals surface area contributed by atoms with Crippen LogP contribution in [0.15, 0.2) is 78.9 Å². The Morgan fingerprint density at radius 3 is 1.30 bits per heavy atom. The van der Waals surface area contributed by atoms with Gasteiger partial charge in [-0.3, -0.25) is 0 Å². The Kier molecular flexibility index (Phi) is 5.48. The Balaban J connectivity index is 0.00000289. The van der Waals surface area contributed by atoms with E-state index in [-0.39, 0.29) is 22.8 Å². The Morgan fingerprint density at radius 2 is 0.818 bits per heavy atom. The van der Waals surface area contributed by atoms with Crippen LogP contribution in [-0.4, -0.2) is 39.9 Å². The standard InChI is InChI=1S/C32H21N11.Cu/c33-21-13-20-22(24(35)23(21)34)32-42-30-19-12-6-5-11-18(19)28(40-30)38-26-15-8-2-1-7-14(15)25(36-26)37-27-16-9-3-4-10-17(16)29(39-27)41-31(20)43-32;/h1-13H,33-35H2,(H2,36,37,38,39,40,41,42,43);. The maximum Gasteiger partial charge on any atom is 0.164 e. The number of hydrogen-bond donors (Lipinski definition) is 5. The SMILES string of the molecule is Nc1cc2c3nc4nc(nc5[nH]c(nc6nc(nc([nH]3)c2c(N)c1N)-c1ccccc1-6)c1ccccc51)-c1ccccc1-4.[Cu]. The smallest absolute Gasteiger partial charge is 0.164 e. The van der Waals surface area contributed by atoms with E-state index < -0.39 is 0 Å². The molecule has 4 aromatic carbocycles. The molecule has 0 fully saturated rings. The molecule has 0 aliphatic carbocycles. The number of H-pyrrole nitrogens is 2. The number of anilines is 3. The normalized spacial score (nSPS) is 11.7. The number of nitrogens with two attached hydrogens (primary N) is 3. The van der Waals surface area contributed by atoms with Gasteiger partial charge in [0.05, 0.1) is 22.4 Å². The van der Waals surface area contributed by atoms with Gasteiger partial charge in [0.25, 0.3) is 0 Å². The van der Waals surface area contributed by atoms with E-state index in [1.54, 1.807) is 6.07 Å². The van der Waals surface area contributed by atoms with Gasteiger partial charge in [-0.15, -0.1) is 0 Å². The fourth-order valence-corrected chi connectivity index (χ4v) is 5.87. The summed E-state index contributed by atoms with van der Waals surface area (Å²) >= 11 is 0. The van der Waals surface area contributed by atoms with E-state index in [9.17, 15) is 0 Å². The van der Waals surface area contributed by atoms with Crippen molar-refractivity contribution in [3.63, 3.8) is 0 Å². The van der Waals surface area contributed by atoms with Crippen molar-refractivity contribution in [2.75, 3.05) is 17.2 Å². The van der Waals surface area contributed by atoms with Crippen LogP contribution in [0.3, 0.4) is 0 Å². The van der Waals surface area contributed by atoms with E-state index in [2.05, 4.69) is 9.97 Å². The fourth-order valence-electron chi connectivity index (χ4n) is 5.87. The van der Waals surface area contributed by atoms with E-state index in [4.69, 9.17) is 47.1 Å². The van der Waals surface area contributed by atoms with Gasteiger partial charge in [-0.25, -0.2) is 29.9 Å². The van der Waals surface area contributed by atoms with Gasteiger partial charge < -0.3 is 27.2 Å². The van der Waals surface area contributed by atoms with Crippen molar-refractivity contribution in [3.8, 4) is 45.6 Å². The average molecular weight is 623 g/mol. The van der Waals surface area contributed by atoms with Crippen LogP contribution in [0.1, 0.15) is 0 Å². The third-order valence-electron chi connectivity index (χ3n) is 7.95. The molecular weight excluding hydrogens is 602 g/mol. The van der Waals surface area contributed by atoms with Crippen LogP contribution in [0, 0.1) is 0 Å². The summed E-state index contributed by atoms with van der Waals surface area (Å²) in [5, 5.41) is 3.09. The molecule has 0 amide bonds. The topological polar surface area (TPSA) is 187 Å². The third kappa shape index (κ3) is 3.62. The molecule has 7 aromatic rings. The Morgan fingerprint density at radius 1 is 0.432 bits per heavy atom. The first-order chi connectivity index (χ1) is 21.0. The molecule has 8 N–H and O–H groups in total. The van der Waals surface area contributed by atoms with Crippen LogP contribution in [0.5, 0.6) is 0 Å². The summed E-state index contributed by atoms with van der Waals surface area (Å²) < 4.78 is 0. The molecule has 12 heteroatoms. The number of nitrogens with one attached hydrogen (secondary N) is 2. The molecule has 1 radical (unpaired) electrons. The minimum absolute atomic E-state index is 0. The summed E-state index contributed by atoms with van der Waals surface area (Å²) in [7, 11) is 0. The number of nitrogen functional groups attached to an aromatic ring is 3. The Labute approximate surface area is 259 Å². The predicted molar refractivity (Wildman–Crippen MR) is 169 cm³/mol. The molecule has 9 rings (SSSR count). The number of hydrogen-bond acceptors (Lipinski definition) is 9. The summed E-state index contributed by atoms with van der Waals surface area (Å²) in [6.45, 7) is 0. The molecule has 2 aliphatic rings. The summed E-state index contributed by atoms with van der Waals surface area (Å²) in [6, 6.07) is 25.4. The largest absolute Gasteiger partial charge is 0.397 e. The van der Waals surface area contributed by atoms with Crippen molar-refractivity contribution < 1.29 is 17.1 Å². The van der Waals surface area contributed by atoms with Gasteiger partial charge in [0.2, 0.25) is 0 Å². The summed E-state index contributed by atoms with van der Waals surface area (Å²) in [6.07, 6.45) is 0. The molecular formula is C32H21CuN11. The molecule has 0 unspecified atom stereocenters. The first-order valence-corrected chi connectivity index (χ1v) is 13.6. The minimum atomic E-state index is 0. The first-order valence-electron chi connectivity index (χ1n) is 13.6. The van der Waals surface area contributed by atoms with Crippen LogP contribution >= 0.6 is 0 Å². The van der Waals surface area contributed by atoms with Gasteiger partial charge in [-0.05, 0) is 6.07 Å². The molecule has 215 valence electrons. The van der Waals surface area contributed by atoms with Gasteiger partial charge in [0, 0.05) is 55.5 Å². The zero-order valence-electron chi connectivity index (χ0n) is 22.7. The zero-order valence-corrected chi connectivity index (χ0v) is 23.7. The third-order valence-corrected chi connectivity index (χ3v) is 7.95. The Hall–Kier alpha value is -5.84. The van der Waals surface area contributed by atoms with E-state index in [0.29, 0.717) is 68.0 Å². The van der Waals surface area contributed by atoms with Crippen molar-refractivity contribution in [1.29, 1.82) is 0 Å². The summed E-state index contributed by atoms with van der Waals surface area (Å²) in [5.74, 6) is 2.02. The molecule has 0 spiro atoms. The van der Waals surface area contributed by atoms with Gasteiger partial charge in [-0.1, -0.05) is 72.8 Å². The number of benzene rings is 4. The predicted octanol–water partition coefficient (Wildman–Crippen LogP) is 5.61. The van der Waals surface area contributed by atoms with E-state index in [0.717, 1.165) is 33.0 Å². The fraction of sp³-hybridized carbons (Fsp3) is 0. The molecule has 5 heterocycles. The second-order valence-electron chi connectivity index (χ2n) is 10.5. The average Bonchev–Trinajstić information content (AvgIpc) is 3.75. The maximum atomic E-state index is 6.55. The van der Waals surface area contributed by atoms with E-state index in [1.807, 2.05) is 72.8 Å². The van der Waals surface area contributed by atoms with Gasteiger partial charge in [0.1, 0.15) is 22.6 Å². The molecule has 3 aromatic heterocycles. The summed E-state index contributed by atoms with van der Waals surface area (Å²) in [4.78, 5) is 36.5. The number of nitrogens with zero attached hydrogens (tertiary/aromatic N) is 6. The molecule has 11 nitrogen and oxygen atoms in total. The molecule has 0 saturated carbocycles. The first kappa shape index (κ1) is 25.8. The molecule has 0 atom stereocenters. The number of fused-ring (bicyclic) bond motifs is 20. The van der Waals surface area contributed by atoms with Crippen LogP contribution in [0.4, 0.5) is 17.1 Å². The second-order valence-corrected chi connectivity index (χ2v) is 10.5. The van der Waals surface area contributed by atoms with Crippen molar-refractivity contribution in [2.45, 2.75) is 0 Å². The van der Waals surface area contributed by atoms with Gasteiger partial charge >= 0.3 is 0 Å². The van der Waals surface area contributed by atoms with Crippen LogP contribution in [0.25, 0.3) is 89.7 Å². The van der Waals surface area contributed by atoms with Crippen molar-refractivity contribution in [3.05, 3.63) is 78.9 Å². The summed E-state index contributed by atoms with van der Waals surface area (Å²) in [5.41, 5.74) is 25.6. The van der Waals surface area contributed by atoms with Crippen molar-refractivity contribution >= 4 is 61.2 Å². The monoisotopic (exact) mass is 622 g/mol. The molecule has 2 aliphatic heterocycles. The second kappa shape index (κ2) is 9.33. The number of rotatable bonds is 0. The van der Waals surface area contributed by atoms with Crippen molar-refractivity contribution in [1.82, 2.24) is 39.9 Å². The van der Waals surface area contributed by atoms with E-state index in [1.165, 1.54) is 0 Å². The number of aromatic nitrogens is 8.